The molecule has 25 heavy (non-hydrogen) atoms. The summed E-state index contributed by atoms with van der Waals surface area (Å²) in [5, 5.41) is 1.83. The van der Waals surface area contributed by atoms with Crippen LogP contribution in [0, 0.1) is 0 Å². The standard InChI is InChI=1S/C20H21NO3S/c1-3-24-19-11-9-18-14-20(12-10-17(18)13-19)25(22,23)21(2)15-16-7-5-4-6-8-16/h4-14H,3,15H2,1-2H3. The molecule has 0 saturated heterocycles. The predicted molar refractivity (Wildman–Crippen MR) is 100 cm³/mol. The van der Waals surface area contributed by atoms with E-state index in [9.17, 15) is 8.42 Å². The van der Waals surface area contributed by atoms with E-state index < -0.39 is 10.0 Å². The molecule has 5 heteroatoms. The second-order valence-corrected chi connectivity index (χ2v) is 7.90. The molecule has 4 nitrogen and oxygen atoms in total. The van der Waals surface area contributed by atoms with Crippen LogP contribution in [0.15, 0.2) is 71.6 Å². The average Bonchev–Trinajstić information content (AvgIpc) is 2.62. The minimum atomic E-state index is -3.55. The number of nitrogens with zero attached hydrogens (tertiary/aromatic N) is 1. The molecule has 0 N–H and O–H groups in total. The molecule has 0 bridgehead atoms. The maximum absolute atomic E-state index is 12.9. The fourth-order valence-corrected chi connectivity index (χ4v) is 3.92. The summed E-state index contributed by atoms with van der Waals surface area (Å²) < 4.78 is 32.6. The largest absolute Gasteiger partial charge is 0.494 e. The molecule has 0 spiro atoms. The molecular weight excluding hydrogens is 334 g/mol. The van der Waals surface area contributed by atoms with E-state index in [0.717, 1.165) is 22.1 Å². The molecule has 0 saturated carbocycles. The van der Waals surface area contributed by atoms with Crippen LogP contribution in [-0.4, -0.2) is 26.4 Å². The van der Waals surface area contributed by atoms with Crippen molar-refractivity contribution < 1.29 is 13.2 Å². The van der Waals surface area contributed by atoms with Crippen molar-refractivity contribution in [3.8, 4) is 5.75 Å². The second-order valence-electron chi connectivity index (χ2n) is 5.85. The van der Waals surface area contributed by atoms with Crippen molar-refractivity contribution in [1.29, 1.82) is 0 Å². The van der Waals surface area contributed by atoms with Gasteiger partial charge in [-0.1, -0.05) is 42.5 Å². The van der Waals surface area contributed by atoms with Crippen LogP contribution in [0.25, 0.3) is 10.8 Å². The van der Waals surface area contributed by atoms with E-state index >= 15 is 0 Å². The van der Waals surface area contributed by atoms with Gasteiger partial charge in [-0.05, 0) is 47.5 Å². The van der Waals surface area contributed by atoms with E-state index in [4.69, 9.17) is 4.74 Å². The van der Waals surface area contributed by atoms with E-state index in [1.807, 2.05) is 61.5 Å². The Hall–Kier alpha value is -2.37. The molecule has 0 aliphatic heterocycles. The minimum absolute atomic E-state index is 0.294. The molecule has 0 atom stereocenters. The molecule has 0 aromatic heterocycles. The highest BCUT2D eigenvalue weighted by Gasteiger charge is 2.21. The Morgan fingerprint density at radius 3 is 2.32 bits per heavy atom. The lowest BCUT2D eigenvalue weighted by molar-refractivity contribution is 0.341. The van der Waals surface area contributed by atoms with Crippen LogP contribution in [0.1, 0.15) is 12.5 Å². The van der Waals surface area contributed by atoms with Crippen molar-refractivity contribution in [3.63, 3.8) is 0 Å². The van der Waals surface area contributed by atoms with Crippen LogP contribution in [0.4, 0.5) is 0 Å². The van der Waals surface area contributed by atoms with Crippen molar-refractivity contribution in [3.05, 3.63) is 72.3 Å². The third kappa shape index (κ3) is 3.83. The summed E-state index contributed by atoms with van der Waals surface area (Å²) in [5.74, 6) is 0.784. The summed E-state index contributed by atoms with van der Waals surface area (Å²) in [6.07, 6.45) is 0. The zero-order valence-electron chi connectivity index (χ0n) is 14.3. The van der Waals surface area contributed by atoms with Crippen molar-refractivity contribution in [2.24, 2.45) is 0 Å². The SMILES string of the molecule is CCOc1ccc2cc(S(=O)(=O)N(C)Cc3ccccc3)ccc2c1. The second kappa shape index (κ2) is 7.25. The fourth-order valence-electron chi connectivity index (χ4n) is 2.72. The van der Waals surface area contributed by atoms with Gasteiger partial charge in [-0.2, -0.15) is 4.31 Å². The van der Waals surface area contributed by atoms with Crippen LogP contribution in [0.2, 0.25) is 0 Å². The van der Waals surface area contributed by atoms with Crippen molar-refractivity contribution in [1.82, 2.24) is 4.31 Å². The molecule has 0 aliphatic rings. The van der Waals surface area contributed by atoms with Gasteiger partial charge in [0, 0.05) is 13.6 Å². The minimum Gasteiger partial charge on any atom is -0.494 e. The monoisotopic (exact) mass is 355 g/mol. The van der Waals surface area contributed by atoms with Gasteiger partial charge in [-0.25, -0.2) is 8.42 Å². The topological polar surface area (TPSA) is 46.6 Å². The molecule has 0 fully saturated rings. The molecule has 3 rings (SSSR count). The smallest absolute Gasteiger partial charge is 0.243 e. The number of fused-ring (bicyclic) bond motifs is 1. The third-order valence-electron chi connectivity index (χ3n) is 4.05. The first kappa shape index (κ1) is 17.5. The number of hydrogen-bond donors (Lipinski definition) is 0. The summed E-state index contributed by atoms with van der Waals surface area (Å²) in [5.41, 5.74) is 0.954. The Labute approximate surface area is 148 Å². The van der Waals surface area contributed by atoms with Gasteiger partial charge in [-0.3, -0.25) is 0 Å². The van der Waals surface area contributed by atoms with Crippen molar-refractivity contribution in [2.75, 3.05) is 13.7 Å². The number of benzene rings is 3. The molecule has 0 aliphatic carbocycles. The van der Waals surface area contributed by atoms with E-state index in [0.29, 0.717) is 18.0 Å². The highest BCUT2D eigenvalue weighted by Crippen LogP contribution is 2.25. The van der Waals surface area contributed by atoms with Gasteiger partial charge in [0.25, 0.3) is 0 Å². The maximum atomic E-state index is 12.9. The number of hydrogen-bond acceptors (Lipinski definition) is 3. The van der Waals surface area contributed by atoms with Gasteiger partial charge in [0.2, 0.25) is 10.0 Å². The fraction of sp³-hybridized carbons (Fsp3) is 0.200. The zero-order valence-corrected chi connectivity index (χ0v) is 15.2. The van der Waals surface area contributed by atoms with Crippen molar-refractivity contribution in [2.45, 2.75) is 18.4 Å². The Morgan fingerprint density at radius 1 is 0.920 bits per heavy atom. The lowest BCUT2D eigenvalue weighted by atomic mass is 10.1. The molecular formula is C20H21NO3S. The average molecular weight is 355 g/mol. The number of sulfonamides is 1. The Kier molecular flexibility index (Phi) is 5.06. The summed E-state index contributed by atoms with van der Waals surface area (Å²) in [6, 6.07) is 20.4. The third-order valence-corrected chi connectivity index (χ3v) is 5.85. The van der Waals surface area contributed by atoms with Crippen LogP contribution in [-0.2, 0) is 16.6 Å². The van der Waals surface area contributed by atoms with E-state index in [-0.39, 0.29) is 0 Å². The summed E-state index contributed by atoms with van der Waals surface area (Å²) in [7, 11) is -1.95. The Morgan fingerprint density at radius 2 is 1.60 bits per heavy atom. The van der Waals surface area contributed by atoms with Crippen LogP contribution in [0.5, 0.6) is 5.75 Å². The van der Waals surface area contributed by atoms with E-state index in [1.165, 1.54) is 4.31 Å². The van der Waals surface area contributed by atoms with Gasteiger partial charge >= 0.3 is 0 Å². The molecule has 0 amide bonds. The van der Waals surface area contributed by atoms with Gasteiger partial charge < -0.3 is 4.74 Å². The maximum Gasteiger partial charge on any atom is 0.243 e. The molecule has 0 radical (unpaired) electrons. The highest BCUT2D eigenvalue weighted by atomic mass is 32.2. The van der Waals surface area contributed by atoms with Crippen LogP contribution in [0.3, 0.4) is 0 Å². The van der Waals surface area contributed by atoms with Gasteiger partial charge in [0.1, 0.15) is 5.75 Å². The highest BCUT2D eigenvalue weighted by molar-refractivity contribution is 7.89. The Balaban J connectivity index is 1.89. The molecule has 3 aromatic rings. The summed E-state index contributed by atoms with van der Waals surface area (Å²) >= 11 is 0. The molecule has 3 aromatic carbocycles. The normalized spacial score (nSPS) is 11.8. The van der Waals surface area contributed by atoms with E-state index in [1.54, 1.807) is 19.2 Å². The zero-order chi connectivity index (χ0) is 17.9. The molecule has 0 heterocycles. The Bertz CT molecular complexity index is 969. The van der Waals surface area contributed by atoms with Gasteiger partial charge in [-0.15, -0.1) is 0 Å². The van der Waals surface area contributed by atoms with Gasteiger partial charge in [0.05, 0.1) is 11.5 Å². The molecule has 130 valence electrons. The quantitative estimate of drug-likeness (QED) is 0.670. The number of rotatable bonds is 6. The molecule has 0 unspecified atom stereocenters. The summed E-state index contributed by atoms with van der Waals surface area (Å²) in [6.45, 7) is 2.87. The summed E-state index contributed by atoms with van der Waals surface area (Å²) in [4.78, 5) is 0.294. The lowest BCUT2D eigenvalue weighted by Gasteiger charge is -2.17. The van der Waals surface area contributed by atoms with Gasteiger partial charge in [0.15, 0.2) is 0 Å². The first-order valence-corrected chi connectivity index (χ1v) is 9.61. The first-order valence-electron chi connectivity index (χ1n) is 8.17. The first-order chi connectivity index (χ1) is 12.0. The van der Waals surface area contributed by atoms with Crippen LogP contribution < -0.4 is 4.74 Å². The van der Waals surface area contributed by atoms with Crippen LogP contribution >= 0.6 is 0 Å². The van der Waals surface area contributed by atoms with Crippen molar-refractivity contribution >= 4 is 20.8 Å². The number of ether oxygens (including phenoxy) is 1. The predicted octanol–water partition coefficient (Wildman–Crippen LogP) is 4.06. The van der Waals surface area contributed by atoms with E-state index in [2.05, 4.69) is 0 Å². The lowest BCUT2D eigenvalue weighted by Crippen LogP contribution is -2.26.